The van der Waals surface area contributed by atoms with Crippen molar-refractivity contribution in [1.29, 1.82) is 0 Å². The largest absolute Gasteiger partial charge is 0.504 e. The molecule has 0 fully saturated rings. The van der Waals surface area contributed by atoms with Crippen molar-refractivity contribution in [3.05, 3.63) is 89.6 Å². The second kappa shape index (κ2) is 7.77. The minimum absolute atomic E-state index is 0.0388. The maximum atomic E-state index is 13.5. The molecule has 0 spiro atoms. The molecule has 32 heavy (non-hydrogen) atoms. The molecule has 4 aromatic rings. The number of para-hydroxylation sites is 3. The third-order valence-electron chi connectivity index (χ3n) is 5.63. The third-order valence-corrected chi connectivity index (χ3v) is 5.63. The van der Waals surface area contributed by atoms with Gasteiger partial charge in [0, 0.05) is 11.4 Å². The van der Waals surface area contributed by atoms with Gasteiger partial charge in [0.2, 0.25) is 5.95 Å². The summed E-state index contributed by atoms with van der Waals surface area (Å²) in [5, 5.41) is 16.4. The van der Waals surface area contributed by atoms with Gasteiger partial charge in [0.15, 0.2) is 11.5 Å². The van der Waals surface area contributed by atoms with Crippen LogP contribution in [0.5, 0.6) is 11.5 Å². The Morgan fingerprint density at radius 2 is 1.84 bits per heavy atom. The molecule has 0 unspecified atom stereocenters. The first-order chi connectivity index (χ1) is 15.6. The number of anilines is 2. The number of amides is 1. The average molecular weight is 426 g/mol. The number of benzene rings is 3. The number of phenols is 1. The number of nitrogens with one attached hydrogen (secondary N) is 2. The Labute approximate surface area is 185 Å². The van der Waals surface area contributed by atoms with Crippen LogP contribution < -0.4 is 15.4 Å². The lowest BCUT2D eigenvalue weighted by molar-refractivity contribution is -0.113. The van der Waals surface area contributed by atoms with E-state index in [2.05, 4.69) is 10.6 Å². The molecular weight excluding hydrogens is 404 g/mol. The summed E-state index contributed by atoms with van der Waals surface area (Å²) in [6.07, 6.45) is 0. The van der Waals surface area contributed by atoms with E-state index in [1.165, 1.54) is 7.11 Å². The summed E-state index contributed by atoms with van der Waals surface area (Å²) in [6.45, 7) is 1.87. The molecule has 1 atom stereocenters. The number of nitrogens with zero attached hydrogens (tertiary/aromatic N) is 2. The van der Waals surface area contributed by atoms with Crippen LogP contribution in [-0.2, 0) is 4.79 Å². The van der Waals surface area contributed by atoms with Crippen LogP contribution in [0.1, 0.15) is 18.5 Å². The lowest BCUT2D eigenvalue weighted by Crippen LogP contribution is -2.30. The number of phenolic OH excluding ortho intramolecular Hbond substituents is 1. The lowest BCUT2D eigenvalue weighted by atomic mass is 9.94. The molecule has 1 aliphatic heterocycles. The third kappa shape index (κ3) is 3.24. The predicted molar refractivity (Wildman–Crippen MR) is 124 cm³/mol. The van der Waals surface area contributed by atoms with E-state index >= 15 is 0 Å². The average Bonchev–Trinajstić information content (AvgIpc) is 3.17. The van der Waals surface area contributed by atoms with Gasteiger partial charge in [-0.15, -0.1) is 0 Å². The fourth-order valence-electron chi connectivity index (χ4n) is 4.16. The Balaban J connectivity index is 1.70. The summed E-state index contributed by atoms with van der Waals surface area (Å²) in [7, 11) is 1.50. The summed E-state index contributed by atoms with van der Waals surface area (Å²) in [5.41, 5.74) is 4.48. The quantitative estimate of drug-likeness (QED) is 0.441. The highest BCUT2D eigenvalue weighted by Crippen LogP contribution is 2.41. The zero-order valence-corrected chi connectivity index (χ0v) is 17.7. The number of hydrogen-bond acceptors (Lipinski definition) is 5. The van der Waals surface area contributed by atoms with E-state index in [-0.39, 0.29) is 11.7 Å². The van der Waals surface area contributed by atoms with Crippen molar-refractivity contribution in [3.8, 4) is 11.5 Å². The highest BCUT2D eigenvalue weighted by Gasteiger charge is 2.34. The number of carbonyl (C=O) groups excluding carboxylic acids is 1. The predicted octanol–water partition coefficient (Wildman–Crippen LogP) is 4.68. The molecule has 0 radical (unpaired) electrons. The van der Waals surface area contributed by atoms with E-state index in [0.717, 1.165) is 16.6 Å². The van der Waals surface area contributed by atoms with E-state index in [0.29, 0.717) is 28.7 Å². The minimum Gasteiger partial charge on any atom is -0.504 e. The van der Waals surface area contributed by atoms with E-state index in [1.807, 2.05) is 66.1 Å². The van der Waals surface area contributed by atoms with Crippen LogP contribution in [0.4, 0.5) is 11.6 Å². The molecule has 3 aromatic carbocycles. The van der Waals surface area contributed by atoms with Crippen LogP contribution in [0.15, 0.2) is 84.1 Å². The van der Waals surface area contributed by atoms with Gasteiger partial charge < -0.3 is 20.5 Å². The number of imidazole rings is 1. The van der Waals surface area contributed by atoms with Gasteiger partial charge in [-0.1, -0.05) is 36.4 Å². The van der Waals surface area contributed by atoms with Crippen LogP contribution in [0, 0.1) is 0 Å². The Bertz CT molecular complexity index is 1360. The maximum Gasteiger partial charge on any atom is 0.255 e. The number of aromatic nitrogens is 2. The highest BCUT2D eigenvalue weighted by atomic mass is 16.5. The molecule has 5 rings (SSSR count). The molecule has 7 nitrogen and oxygen atoms in total. The van der Waals surface area contributed by atoms with E-state index in [1.54, 1.807) is 18.2 Å². The molecule has 1 aliphatic rings. The summed E-state index contributed by atoms with van der Waals surface area (Å²) in [5.74, 6) is 0.808. The second-order valence-corrected chi connectivity index (χ2v) is 7.61. The Kier molecular flexibility index (Phi) is 4.78. The van der Waals surface area contributed by atoms with Crippen molar-refractivity contribution in [2.45, 2.75) is 13.0 Å². The second-order valence-electron chi connectivity index (χ2n) is 7.61. The topological polar surface area (TPSA) is 88.4 Å². The molecule has 0 aliphatic carbocycles. The monoisotopic (exact) mass is 426 g/mol. The van der Waals surface area contributed by atoms with Gasteiger partial charge in [-0.3, -0.25) is 9.36 Å². The number of hydrogen-bond donors (Lipinski definition) is 3. The summed E-state index contributed by atoms with van der Waals surface area (Å²) in [4.78, 5) is 18.3. The zero-order chi connectivity index (χ0) is 22.2. The fraction of sp³-hybridized carbons (Fsp3) is 0.120. The number of carbonyl (C=O) groups is 1. The van der Waals surface area contributed by atoms with Crippen molar-refractivity contribution >= 4 is 28.6 Å². The van der Waals surface area contributed by atoms with Gasteiger partial charge in [-0.2, -0.15) is 0 Å². The number of rotatable bonds is 4. The van der Waals surface area contributed by atoms with E-state index in [9.17, 15) is 9.90 Å². The number of methoxy groups -OCH3 is 1. The molecule has 0 bridgehead atoms. The number of allylic oxidation sites excluding steroid dienone is 1. The molecule has 2 heterocycles. The van der Waals surface area contributed by atoms with Crippen LogP contribution in [0.25, 0.3) is 11.0 Å². The first kappa shape index (κ1) is 19.7. The molecule has 1 aromatic heterocycles. The molecule has 3 N–H and O–H groups in total. The standard InChI is InChI=1S/C25H22N4O3/c1-15-22(24(31)27-17-8-4-3-5-9-17)23(16-12-13-20(30)21(14-16)32-2)29-19-11-7-6-10-18(19)28-25(29)26-15/h3-14,23,30H,1-2H3,(H,26,28)(H,27,31)/t23-/m1/s1. The molecule has 1 amide bonds. The van der Waals surface area contributed by atoms with E-state index < -0.39 is 6.04 Å². The first-order valence-corrected chi connectivity index (χ1v) is 10.2. The number of ether oxygens (including phenoxy) is 1. The lowest BCUT2D eigenvalue weighted by Gasteiger charge is -2.31. The highest BCUT2D eigenvalue weighted by molar-refractivity contribution is 6.06. The van der Waals surface area contributed by atoms with Crippen molar-refractivity contribution < 1.29 is 14.6 Å². The van der Waals surface area contributed by atoms with Crippen molar-refractivity contribution in [2.24, 2.45) is 0 Å². The Morgan fingerprint density at radius 3 is 2.62 bits per heavy atom. The van der Waals surface area contributed by atoms with Crippen LogP contribution >= 0.6 is 0 Å². The van der Waals surface area contributed by atoms with Gasteiger partial charge in [-0.25, -0.2) is 4.98 Å². The Morgan fingerprint density at radius 1 is 1.09 bits per heavy atom. The molecule has 0 saturated heterocycles. The van der Waals surface area contributed by atoms with Gasteiger partial charge >= 0.3 is 0 Å². The smallest absolute Gasteiger partial charge is 0.255 e. The summed E-state index contributed by atoms with van der Waals surface area (Å²) >= 11 is 0. The van der Waals surface area contributed by atoms with Crippen molar-refractivity contribution in [2.75, 3.05) is 17.7 Å². The van der Waals surface area contributed by atoms with Gasteiger partial charge in [0.05, 0.1) is 29.8 Å². The van der Waals surface area contributed by atoms with Crippen LogP contribution in [0.3, 0.4) is 0 Å². The van der Waals surface area contributed by atoms with Crippen molar-refractivity contribution in [3.63, 3.8) is 0 Å². The van der Waals surface area contributed by atoms with Gasteiger partial charge in [0.25, 0.3) is 5.91 Å². The summed E-state index contributed by atoms with van der Waals surface area (Å²) < 4.78 is 7.35. The van der Waals surface area contributed by atoms with Crippen molar-refractivity contribution in [1.82, 2.24) is 9.55 Å². The molecule has 0 saturated carbocycles. The number of aromatic hydroxyl groups is 1. The maximum absolute atomic E-state index is 13.5. The van der Waals surface area contributed by atoms with E-state index in [4.69, 9.17) is 9.72 Å². The molecule has 160 valence electrons. The summed E-state index contributed by atoms with van der Waals surface area (Å²) in [6, 6.07) is 21.8. The fourth-order valence-corrected chi connectivity index (χ4v) is 4.16. The molecule has 7 heteroatoms. The normalized spacial score (nSPS) is 15.2. The van der Waals surface area contributed by atoms with Crippen LogP contribution in [0.2, 0.25) is 0 Å². The van der Waals surface area contributed by atoms with Crippen LogP contribution in [-0.4, -0.2) is 27.7 Å². The minimum atomic E-state index is -0.475. The zero-order valence-electron chi connectivity index (χ0n) is 17.7. The number of fused-ring (bicyclic) bond motifs is 3. The SMILES string of the molecule is COc1cc([C@@H]2C(C(=O)Nc3ccccc3)=C(C)Nc3nc4ccccc4n32)ccc1O. The molecular formula is C25H22N4O3. The first-order valence-electron chi connectivity index (χ1n) is 10.2. The van der Waals surface area contributed by atoms with Gasteiger partial charge in [0.1, 0.15) is 0 Å². The van der Waals surface area contributed by atoms with Gasteiger partial charge in [-0.05, 0) is 48.9 Å². The Hall–Kier alpha value is -4.26.